The van der Waals surface area contributed by atoms with Crippen LogP contribution in [0.1, 0.15) is 184 Å². The molecule has 4 atom stereocenters. The third-order valence-electron chi connectivity index (χ3n) is 10.8. The lowest BCUT2D eigenvalue weighted by molar-refractivity contribution is -0.145. The van der Waals surface area contributed by atoms with Gasteiger partial charge in [0.2, 0.25) is 0 Å². The molecule has 0 aliphatic carbocycles. The third-order valence-corrected chi connectivity index (χ3v) is 10.8. The van der Waals surface area contributed by atoms with Gasteiger partial charge in [-0.15, -0.1) is 18.9 Å². The molecule has 0 bridgehead atoms. The van der Waals surface area contributed by atoms with Gasteiger partial charge in [0.05, 0.1) is 38.6 Å². The van der Waals surface area contributed by atoms with Gasteiger partial charge in [-0.3, -0.25) is 14.4 Å². The lowest BCUT2D eigenvalue weighted by Gasteiger charge is -2.15. The Hall–Kier alpha value is -4.67. The first-order chi connectivity index (χ1) is 32.3. The van der Waals surface area contributed by atoms with E-state index in [2.05, 4.69) is 12.5 Å². The number of hydrogen-bond acceptors (Lipinski definition) is 12. The molecule has 0 heterocycles. The largest absolute Gasteiger partial charge is 0.507 e. The second kappa shape index (κ2) is 42.7. The minimum atomic E-state index is -0.775. The van der Waals surface area contributed by atoms with Crippen LogP contribution in [0.5, 0.6) is 17.2 Å². The second-order valence-corrected chi connectivity index (χ2v) is 17.0. The van der Waals surface area contributed by atoms with Gasteiger partial charge < -0.3 is 44.5 Å². The maximum Gasteiger partial charge on any atom is 0.302 e. The molecule has 4 unspecified atom stereocenters. The highest BCUT2D eigenvalue weighted by Gasteiger charge is 2.18. The van der Waals surface area contributed by atoms with Crippen molar-refractivity contribution in [3.8, 4) is 29.6 Å². The highest BCUT2D eigenvalue weighted by Crippen LogP contribution is 2.34. The van der Waals surface area contributed by atoms with E-state index in [4.69, 9.17) is 25.4 Å². The van der Waals surface area contributed by atoms with Crippen molar-refractivity contribution in [3.63, 3.8) is 0 Å². The second-order valence-electron chi connectivity index (χ2n) is 17.0. The van der Waals surface area contributed by atoms with Crippen LogP contribution in [0.15, 0.2) is 61.2 Å². The third kappa shape index (κ3) is 37.1. The summed E-state index contributed by atoms with van der Waals surface area (Å²) in [5.74, 6) is 2.04. The van der Waals surface area contributed by atoms with E-state index in [0.717, 1.165) is 50.5 Å². The van der Waals surface area contributed by atoms with Gasteiger partial charge in [0.1, 0.15) is 36.0 Å². The summed E-state index contributed by atoms with van der Waals surface area (Å²) >= 11 is 0. The average Bonchev–Trinajstić information content (AvgIpc) is 3.30. The summed E-state index contributed by atoms with van der Waals surface area (Å²) in [5, 5.41) is 48.8. The van der Waals surface area contributed by atoms with E-state index >= 15 is 0 Å². The Kier molecular flexibility index (Phi) is 39.7. The molecule has 0 aliphatic heterocycles. The fraction of sp³-hybridized carbons (Fsp3) is 0.618. The van der Waals surface area contributed by atoms with E-state index in [0.29, 0.717) is 18.6 Å². The fourth-order valence-corrected chi connectivity index (χ4v) is 7.10. The summed E-state index contributed by atoms with van der Waals surface area (Å²) < 4.78 is 19.6. The predicted octanol–water partition coefficient (Wildman–Crippen LogP) is 11.0. The van der Waals surface area contributed by atoms with E-state index < -0.39 is 36.4 Å². The number of unbranched alkanes of at least 4 members (excludes halogenated alkanes) is 18. The zero-order chi connectivity index (χ0) is 49.9. The Morgan fingerprint density at radius 3 is 1.51 bits per heavy atom. The van der Waals surface area contributed by atoms with Crippen molar-refractivity contribution in [1.29, 1.82) is 0 Å². The van der Waals surface area contributed by atoms with Gasteiger partial charge in [-0.1, -0.05) is 145 Å². The van der Waals surface area contributed by atoms with Crippen LogP contribution in [0.4, 0.5) is 0 Å². The highest BCUT2D eigenvalue weighted by atomic mass is 16.5. The normalized spacial score (nSPS) is 12.5. The van der Waals surface area contributed by atoms with Crippen LogP contribution in [0.3, 0.4) is 0 Å². The number of allylic oxidation sites excluding steroid dienone is 2. The van der Waals surface area contributed by atoms with Gasteiger partial charge in [-0.2, -0.15) is 0 Å². The van der Waals surface area contributed by atoms with E-state index in [9.17, 15) is 39.9 Å². The summed E-state index contributed by atoms with van der Waals surface area (Å²) in [7, 11) is 2.91. The monoisotopic (exact) mass is 939 g/mol. The zero-order valence-electron chi connectivity index (χ0n) is 41.3. The number of hydrogen-bond donors (Lipinski definition) is 5. The molecular formula is C55H86O12. The van der Waals surface area contributed by atoms with Crippen molar-refractivity contribution in [1.82, 2.24) is 0 Å². The fourth-order valence-electron chi connectivity index (χ4n) is 7.10. The Balaban J connectivity index is 0.000000976. The number of carbonyl (C=O) groups is 3. The van der Waals surface area contributed by atoms with Gasteiger partial charge in [0.15, 0.2) is 5.78 Å². The van der Waals surface area contributed by atoms with Crippen LogP contribution in [0.25, 0.3) is 6.08 Å². The number of aliphatic hydroxyl groups excluding tert-OH is 4. The molecule has 0 fully saturated rings. The molecule has 0 spiro atoms. The summed E-state index contributed by atoms with van der Waals surface area (Å²) in [4.78, 5) is 33.5. The van der Waals surface area contributed by atoms with Crippen LogP contribution in [-0.2, 0) is 19.1 Å². The zero-order valence-corrected chi connectivity index (χ0v) is 41.3. The molecule has 0 saturated heterocycles. The Morgan fingerprint density at radius 2 is 1.09 bits per heavy atom. The first-order valence-electron chi connectivity index (χ1n) is 24.5. The number of aromatic hydroxyl groups is 1. The molecule has 12 nitrogen and oxygen atoms in total. The summed E-state index contributed by atoms with van der Waals surface area (Å²) in [5.41, 5.74) is 1.02. The standard InChI is InChI=1S/C19H36O4.C19H34O4.C17H16O4/c2*1-3-4-5-6-7-8-9-10-11-12-13-14-18(21)15-19(22)16-23-17(2)20;1-20-13-10-15(19)17(16(11-13)21-2)14(18)9-8-12-6-4-3-5-7-12/h3,18-19,21-22H,1,4-16H2,2H3;1,18-19,21-22H,4-16H2,2H3;3-11,19H,1-2H3. The van der Waals surface area contributed by atoms with Crippen LogP contribution in [0.2, 0.25) is 0 Å². The summed E-state index contributed by atoms with van der Waals surface area (Å²) in [6.45, 7) is 6.28. The van der Waals surface area contributed by atoms with Crippen LogP contribution < -0.4 is 9.47 Å². The number of ketones is 1. The van der Waals surface area contributed by atoms with Crippen LogP contribution in [-0.4, -0.2) is 95.1 Å². The number of benzene rings is 2. The number of carbonyl (C=O) groups excluding carboxylic acids is 3. The maximum absolute atomic E-state index is 12.3. The molecule has 67 heavy (non-hydrogen) atoms. The lowest BCUT2D eigenvalue weighted by atomic mass is 10.0. The molecule has 12 heteroatoms. The SMILES string of the molecule is C#CCCCCCCCCCCCC(O)CC(O)COC(C)=O.C=CCCCCCCCCCCCC(O)CC(O)COC(C)=O.COc1cc(O)c(C(=O)C=Cc2ccccc2)c(OC)c1. The van der Waals surface area contributed by atoms with Gasteiger partial charge in [0, 0.05) is 45.2 Å². The van der Waals surface area contributed by atoms with Crippen LogP contribution in [0, 0.1) is 12.3 Å². The molecule has 0 aliphatic rings. The number of esters is 2. The Morgan fingerprint density at radius 1 is 0.642 bits per heavy atom. The van der Waals surface area contributed by atoms with E-state index in [1.807, 2.05) is 36.4 Å². The molecule has 0 radical (unpaired) electrons. The molecule has 0 aromatic heterocycles. The number of ether oxygens (including phenoxy) is 4. The van der Waals surface area contributed by atoms with Crippen molar-refractivity contribution in [3.05, 3.63) is 72.3 Å². The van der Waals surface area contributed by atoms with Crippen molar-refractivity contribution in [2.24, 2.45) is 0 Å². The number of methoxy groups -OCH3 is 2. The molecule has 2 rings (SSSR count). The average molecular weight is 939 g/mol. The van der Waals surface area contributed by atoms with E-state index in [1.54, 1.807) is 12.1 Å². The molecule has 0 amide bonds. The Bertz CT molecular complexity index is 1640. The van der Waals surface area contributed by atoms with Crippen LogP contribution >= 0.6 is 0 Å². The summed E-state index contributed by atoms with van der Waals surface area (Å²) in [6.07, 6.45) is 33.6. The topological polar surface area (TPSA) is 189 Å². The van der Waals surface area contributed by atoms with Gasteiger partial charge >= 0.3 is 11.9 Å². The molecule has 0 saturated carbocycles. The Labute approximate surface area is 403 Å². The number of rotatable bonds is 36. The number of phenolic OH excluding ortho intramolecular Hbond substituents is 1. The van der Waals surface area contributed by atoms with E-state index in [1.165, 1.54) is 124 Å². The van der Waals surface area contributed by atoms with Crippen molar-refractivity contribution in [2.45, 2.75) is 192 Å². The van der Waals surface area contributed by atoms with Crippen molar-refractivity contribution in [2.75, 3.05) is 27.4 Å². The minimum Gasteiger partial charge on any atom is -0.507 e. The first kappa shape index (κ1) is 62.3. The maximum atomic E-state index is 12.3. The van der Waals surface area contributed by atoms with E-state index in [-0.39, 0.29) is 48.9 Å². The number of aliphatic hydroxyl groups is 4. The molecular weight excluding hydrogens is 853 g/mol. The molecule has 378 valence electrons. The number of phenols is 1. The highest BCUT2D eigenvalue weighted by molar-refractivity contribution is 6.10. The molecule has 2 aromatic rings. The van der Waals surface area contributed by atoms with Crippen molar-refractivity contribution < 1.29 is 58.9 Å². The van der Waals surface area contributed by atoms with Crippen molar-refractivity contribution >= 4 is 23.8 Å². The molecule has 2 aromatic carbocycles. The van der Waals surface area contributed by atoms with Gasteiger partial charge in [0.25, 0.3) is 0 Å². The smallest absolute Gasteiger partial charge is 0.302 e. The first-order valence-corrected chi connectivity index (χ1v) is 24.5. The molecule has 5 N–H and O–H groups in total. The van der Waals surface area contributed by atoms with Gasteiger partial charge in [-0.25, -0.2) is 0 Å². The minimum absolute atomic E-state index is 0.0286. The lowest BCUT2D eigenvalue weighted by Crippen LogP contribution is -2.23. The predicted molar refractivity (Wildman–Crippen MR) is 268 cm³/mol. The number of terminal acetylenes is 1. The quantitative estimate of drug-likeness (QED) is 0.0109. The summed E-state index contributed by atoms with van der Waals surface area (Å²) in [6, 6.07) is 12.4. The van der Waals surface area contributed by atoms with Gasteiger partial charge in [-0.05, 0) is 43.7 Å².